The Morgan fingerprint density at radius 2 is 1.65 bits per heavy atom. The highest BCUT2D eigenvalue weighted by Crippen LogP contribution is 2.16. The topological polar surface area (TPSA) is 12.0 Å². The van der Waals surface area contributed by atoms with Gasteiger partial charge < -0.3 is 5.32 Å². The zero-order valence-electron chi connectivity index (χ0n) is 11.2. The number of rotatable bonds is 5. The van der Waals surface area contributed by atoms with Crippen LogP contribution in [0.2, 0.25) is 5.02 Å². The van der Waals surface area contributed by atoms with Crippen molar-refractivity contribution < 1.29 is 8.78 Å². The van der Waals surface area contributed by atoms with Crippen LogP contribution in [0.1, 0.15) is 24.1 Å². The van der Waals surface area contributed by atoms with Crippen molar-refractivity contribution in [1.82, 2.24) is 5.32 Å². The van der Waals surface area contributed by atoms with E-state index in [9.17, 15) is 8.78 Å². The molecular weight excluding hydrogens is 280 g/mol. The summed E-state index contributed by atoms with van der Waals surface area (Å²) in [6.07, 6.45) is 0.576. The van der Waals surface area contributed by atoms with Gasteiger partial charge in [0.25, 0.3) is 0 Å². The summed E-state index contributed by atoms with van der Waals surface area (Å²) in [5, 5.41) is 4.02. The predicted molar refractivity (Wildman–Crippen MR) is 77.9 cm³/mol. The van der Waals surface area contributed by atoms with E-state index in [1.807, 2.05) is 31.2 Å². The van der Waals surface area contributed by atoms with E-state index in [1.54, 1.807) is 0 Å². The van der Waals surface area contributed by atoms with E-state index in [1.165, 1.54) is 12.1 Å². The zero-order chi connectivity index (χ0) is 14.5. The van der Waals surface area contributed by atoms with Crippen LogP contribution in [0.5, 0.6) is 0 Å². The lowest BCUT2D eigenvalue weighted by Gasteiger charge is -2.14. The minimum atomic E-state index is -0.536. The molecule has 0 aliphatic heterocycles. The summed E-state index contributed by atoms with van der Waals surface area (Å²) in [5.41, 5.74) is 1.78. The summed E-state index contributed by atoms with van der Waals surface area (Å²) < 4.78 is 26.1. The van der Waals surface area contributed by atoms with Gasteiger partial charge in [0.15, 0.2) is 0 Å². The Balaban J connectivity index is 1.87. The van der Waals surface area contributed by atoms with E-state index in [-0.39, 0.29) is 6.04 Å². The lowest BCUT2D eigenvalue weighted by Crippen LogP contribution is -2.21. The Kier molecular flexibility index (Phi) is 5.10. The van der Waals surface area contributed by atoms with Crippen molar-refractivity contribution in [3.05, 3.63) is 70.2 Å². The molecule has 0 saturated carbocycles. The number of halogens is 3. The third kappa shape index (κ3) is 4.29. The largest absolute Gasteiger partial charge is 0.310 e. The molecule has 2 aromatic rings. The van der Waals surface area contributed by atoms with Crippen LogP contribution < -0.4 is 5.32 Å². The Bertz CT molecular complexity index is 549. The van der Waals surface area contributed by atoms with E-state index >= 15 is 0 Å². The van der Waals surface area contributed by atoms with Crippen molar-refractivity contribution in [1.29, 1.82) is 0 Å². The second-order valence-electron chi connectivity index (χ2n) is 4.76. The van der Waals surface area contributed by atoms with Crippen molar-refractivity contribution in [3.8, 4) is 0 Å². The van der Waals surface area contributed by atoms with Gasteiger partial charge in [0.1, 0.15) is 11.6 Å². The van der Waals surface area contributed by atoms with Crippen LogP contribution in [-0.2, 0) is 6.42 Å². The van der Waals surface area contributed by atoms with Gasteiger partial charge in [0.2, 0.25) is 0 Å². The van der Waals surface area contributed by atoms with Crippen molar-refractivity contribution >= 4 is 11.6 Å². The number of benzene rings is 2. The van der Waals surface area contributed by atoms with Gasteiger partial charge in [-0.15, -0.1) is 0 Å². The summed E-state index contributed by atoms with van der Waals surface area (Å²) in [7, 11) is 0. The second kappa shape index (κ2) is 6.82. The van der Waals surface area contributed by atoms with Gasteiger partial charge in [-0.2, -0.15) is 0 Å². The number of nitrogens with one attached hydrogen (secondary N) is 1. The summed E-state index contributed by atoms with van der Waals surface area (Å²) in [6, 6.07) is 11.4. The van der Waals surface area contributed by atoms with Crippen molar-refractivity contribution in [2.75, 3.05) is 6.54 Å². The van der Waals surface area contributed by atoms with Crippen LogP contribution >= 0.6 is 11.6 Å². The smallest absolute Gasteiger partial charge is 0.126 e. The molecule has 4 heteroatoms. The molecule has 0 heterocycles. The Hall–Kier alpha value is -1.45. The van der Waals surface area contributed by atoms with Crippen LogP contribution in [0.3, 0.4) is 0 Å². The van der Waals surface area contributed by atoms with Crippen molar-refractivity contribution in [2.24, 2.45) is 0 Å². The Morgan fingerprint density at radius 1 is 1.05 bits per heavy atom. The van der Waals surface area contributed by atoms with Crippen LogP contribution in [0, 0.1) is 11.6 Å². The molecular formula is C16H16ClF2N. The fourth-order valence-electron chi connectivity index (χ4n) is 2.06. The molecule has 1 N–H and O–H groups in total. The molecule has 0 bridgehead atoms. The van der Waals surface area contributed by atoms with Crippen LogP contribution in [-0.4, -0.2) is 6.54 Å². The molecule has 0 fully saturated rings. The molecule has 1 nitrogen and oxygen atoms in total. The van der Waals surface area contributed by atoms with Crippen LogP contribution in [0.15, 0.2) is 42.5 Å². The van der Waals surface area contributed by atoms with Crippen molar-refractivity contribution in [3.63, 3.8) is 0 Å². The first-order valence-electron chi connectivity index (χ1n) is 6.48. The van der Waals surface area contributed by atoms with Gasteiger partial charge in [0.05, 0.1) is 0 Å². The lowest BCUT2D eigenvalue weighted by atomic mass is 10.1. The van der Waals surface area contributed by atoms with E-state index in [4.69, 9.17) is 11.6 Å². The van der Waals surface area contributed by atoms with Gasteiger partial charge in [0, 0.05) is 17.1 Å². The Morgan fingerprint density at radius 3 is 2.25 bits per heavy atom. The van der Waals surface area contributed by atoms with Gasteiger partial charge in [-0.25, -0.2) is 8.78 Å². The van der Waals surface area contributed by atoms with Gasteiger partial charge in [-0.05, 0) is 55.3 Å². The standard InChI is InChI=1S/C16H16ClF2N/c1-11(13-2-4-14(17)5-3-13)20-7-6-12-8-15(18)10-16(19)9-12/h2-5,8-11,20H,6-7H2,1H3. The zero-order valence-corrected chi connectivity index (χ0v) is 11.9. The van der Waals surface area contributed by atoms with Gasteiger partial charge >= 0.3 is 0 Å². The summed E-state index contributed by atoms with van der Waals surface area (Å²) in [6.45, 7) is 2.68. The highest BCUT2D eigenvalue weighted by Gasteiger charge is 2.05. The third-order valence-electron chi connectivity index (χ3n) is 3.16. The SMILES string of the molecule is CC(NCCc1cc(F)cc(F)c1)c1ccc(Cl)cc1. The predicted octanol–water partition coefficient (Wildman–Crippen LogP) is 4.51. The molecule has 0 amide bonds. The molecule has 2 rings (SSSR count). The van der Waals surface area contributed by atoms with Crippen LogP contribution in [0.4, 0.5) is 8.78 Å². The summed E-state index contributed by atoms with van der Waals surface area (Å²) >= 11 is 5.84. The molecule has 0 spiro atoms. The average molecular weight is 296 g/mol. The average Bonchev–Trinajstić information content (AvgIpc) is 2.38. The van der Waals surface area contributed by atoms with E-state index < -0.39 is 11.6 Å². The first-order chi connectivity index (χ1) is 9.54. The monoisotopic (exact) mass is 295 g/mol. The minimum absolute atomic E-state index is 0.158. The normalized spacial score (nSPS) is 12.4. The molecule has 0 aliphatic carbocycles. The van der Waals surface area contributed by atoms with E-state index in [0.717, 1.165) is 11.6 Å². The maximum absolute atomic E-state index is 13.0. The molecule has 0 radical (unpaired) electrons. The minimum Gasteiger partial charge on any atom is -0.310 e. The molecule has 2 aromatic carbocycles. The molecule has 1 atom stereocenters. The molecule has 1 unspecified atom stereocenters. The van der Waals surface area contributed by atoms with Gasteiger partial charge in [-0.1, -0.05) is 23.7 Å². The molecule has 106 valence electrons. The number of hydrogen-bond acceptors (Lipinski definition) is 1. The highest BCUT2D eigenvalue weighted by molar-refractivity contribution is 6.30. The maximum atomic E-state index is 13.0. The van der Waals surface area contributed by atoms with Crippen LogP contribution in [0.25, 0.3) is 0 Å². The quantitative estimate of drug-likeness (QED) is 0.855. The van der Waals surface area contributed by atoms with Gasteiger partial charge in [-0.3, -0.25) is 0 Å². The lowest BCUT2D eigenvalue weighted by molar-refractivity contribution is 0.563. The first-order valence-corrected chi connectivity index (χ1v) is 6.86. The second-order valence-corrected chi connectivity index (χ2v) is 5.19. The Labute approximate surface area is 122 Å². The molecule has 0 aromatic heterocycles. The summed E-state index contributed by atoms with van der Waals surface area (Å²) in [5.74, 6) is -1.07. The van der Waals surface area contributed by atoms with E-state index in [0.29, 0.717) is 23.6 Å². The van der Waals surface area contributed by atoms with E-state index in [2.05, 4.69) is 5.32 Å². The first kappa shape index (κ1) is 14.9. The fourth-order valence-corrected chi connectivity index (χ4v) is 2.18. The highest BCUT2D eigenvalue weighted by atomic mass is 35.5. The molecule has 0 aliphatic rings. The fraction of sp³-hybridized carbons (Fsp3) is 0.250. The molecule has 0 saturated heterocycles. The third-order valence-corrected chi connectivity index (χ3v) is 3.41. The number of hydrogen-bond donors (Lipinski definition) is 1. The molecule has 20 heavy (non-hydrogen) atoms. The maximum Gasteiger partial charge on any atom is 0.126 e. The summed E-state index contributed by atoms with van der Waals surface area (Å²) in [4.78, 5) is 0. The van der Waals surface area contributed by atoms with Crippen molar-refractivity contribution in [2.45, 2.75) is 19.4 Å².